The molecule has 1 aromatic rings. The van der Waals surface area contributed by atoms with Gasteiger partial charge in [-0.3, -0.25) is 19.6 Å². The van der Waals surface area contributed by atoms with Gasteiger partial charge in [-0.2, -0.15) is 11.8 Å². The van der Waals surface area contributed by atoms with Crippen LogP contribution in [0.25, 0.3) is 0 Å². The topological polar surface area (TPSA) is 66.4 Å². The summed E-state index contributed by atoms with van der Waals surface area (Å²) in [5.41, 5.74) is 1.74. The lowest BCUT2D eigenvalue weighted by Gasteiger charge is -2.48. The van der Waals surface area contributed by atoms with Gasteiger partial charge in [-0.05, 0) is 31.9 Å². The summed E-state index contributed by atoms with van der Waals surface area (Å²) in [6.45, 7) is 6.89. The van der Waals surface area contributed by atoms with Gasteiger partial charge in [0.2, 0.25) is 11.8 Å². The van der Waals surface area contributed by atoms with Crippen LogP contribution in [0.1, 0.15) is 50.4 Å². The van der Waals surface area contributed by atoms with Crippen LogP contribution in [0.4, 0.5) is 0 Å². The maximum atomic E-state index is 12.6. The molecule has 2 saturated heterocycles. The van der Waals surface area contributed by atoms with Crippen LogP contribution in [0.2, 0.25) is 0 Å². The zero-order valence-electron chi connectivity index (χ0n) is 16.4. The number of carbonyl (C=O) groups is 2. The fourth-order valence-corrected chi connectivity index (χ4v) is 4.77. The summed E-state index contributed by atoms with van der Waals surface area (Å²) in [4.78, 5) is 37.7. The predicted molar refractivity (Wildman–Crippen MR) is 107 cm³/mol. The van der Waals surface area contributed by atoms with Gasteiger partial charge in [-0.25, -0.2) is 0 Å². The third-order valence-corrected chi connectivity index (χ3v) is 6.51. The number of amides is 2. The summed E-state index contributed by atoms with van der Waals surface area (Å²) in [5, 5.41) is 0. The Labute approximate surface area is 166 Å². The number of aromatic nitrogens is 2. The number of hydrogen-bond acceptors (Lipinski definition) is 5. The molecule has 7 heteroatoms. The van der Waals surface area contributed by atoms with Gasteiger partial charge in [0, 0.05) is 49.8 Å². The normalized spacial score (nSPS) is 23.1. The first-order chi connectivity index (χ1) is 13.0. The summed E-state index contributed by atoms with van der Waals surface area (Å²) in [5.74, 6) is 2.40. The second-order valence-corrected chi connectivity index (χ2v) is 9.16. The Morgan fingerprint density at radius 1 is 1.26 bits per heavy atom. The highest BCUT2D eigenvalue weighted by molar-refractivity contribution is 7.99. The molecule has 148 valence electrons. The fourth-order valence-electron chi connectivity index (χ4n) is 4.16. The molecule has 6 nitrogen and oxygen atoms in total. The summed E-state index contributed by atoms with van der Waals surface area (Å²) >= 11 is 1.82. The van der Waals surface area contributed by atoms with E-state index >= 15 is 0 Å². The zero-order valence-corrected chi connectivity index (χ0v) is 17.3. The van der Waals surface area contributed by atoms with E-state index < -0.39 is 0 Å². The van der Waals surface area contributed by atoms with E-state index in [1.807, 2.05) is 28.5 Å². The molecule has 1 atom stereocenters. The van der Waals surface area contributed by atoms with Crippen LogP contribution in [0.5, 0.6) is 0 Å². The first-order valence-corrected chi connectivity index (χ1v) is 11.1. The van der Waals surface area contributed by atoms with E-state index in [1.54, 1.807) is 12.4 Å². The molecule has 2 amide bonds. The van der Waals surface area contributed by atoms with E-state index in [0.717, 1.165) is 61.8 Å². The molecule has 0 N–H and O–H groups in total. The van der Waals surface area contributed by atoms with E-state index in [0.29, 0.717) is 19.4 Å². The van der Waals surface area contributed by atoms with Crippen LogP contribution >= 0.6 is 11.8 Å². The Hall–Kier alpha value is -1.63. The van der Waals surface area contributed by atoms with Crippen molar-refractivity contribution in [2.24, 2.45) is 5.41 Å². The van der Waals surface area contributed by atoms with E-state index in [4.69, 9.17) is 0 Å². The van der Waals surface area contributed by atoms with Crippen molar-refractivity contribution in [2.45, 2.75) is 52.5 Å². The first-order valence-electron chi connectivity index (χ1n) is 9.92. The Morgan fingerprint density at radius 2 is 2.11 bits per heavy atom. The molecule has 2 fully saturated rings. The van der Waals surface area contributed by atoms with Gasteiger partial charge in [0.25, 0.3) is 0 Å². The van der Waals surface area contributed by atoms with Crippen LogP contribution in [0.3, 0.4) is 0 Å². The molecule has 1 unspecified atom stereocenters. The summed E-state index contributed by atoms with van der Waals surface area (Å²) in [7, 11) is 0. The summed E-state index contributed by atoms with van der Waals surface area (Å²) < 4.78 is 0. The maximum Gasteiger partial charge on any atom is 0.223 e. The number of thioether (sulfide) groups is 1. The molecule has 27 heavy (non-hydrogen) atoms. The lowest BCUT2D eigenvalue weighted by molar-refractivity contribution is -0.143. The molecular formula is C20H30N4O2S. The molecule has 2 aliphatic rings. The van der Waals surface area contributed by atoms with Crippen LogP contribution in [-0.2, 0) is 16.1 Å². The monoisotopic (exact) mass is 390 g/mol. The number of likely N-dealkylation sites (tertiary alicyclic amines) is 2. The van der Waals surface area contributed by atoms with E-state index in [9.17, 15) is 9.59 Å². The first kappa shape index (κ1) is 20.1. The number of aryl methyl sites for hydroxylation is 1. The summed E-state index contributed by atoms with van der Waals surface area (Å²) in [6.07, 6.45) is 7.68. The molecule has 0 saturated carbocycles. The van der Waals surface area contributed by atoms with Gasteiger partial charge in [-0.15, -0.1) is 0 Å². The van der Waals surface area contributed by atoms with E-state index in [1.165, 1.54) is 0 Å². The Balaban J connectivity index is 1.63. The van der Waals surface area contributed by atoms with Crippen LogP contribution in [0, 0.1) is 12.3 Å². The average molecular weight is 391 g/mol. The van der Waals surface area contributed by atoms with Crippen molar-refractivity contribution in [1.82, 2.24) is 19.8 Å². The molecule has 2 aliphatic heterocycles. The number of carbonyl (C=O) groups excluding carboxylic acids is 2. The minimum absolute atomic E-state index is 0.0395. The third kappa shape index (κ3) is 5.21. The van der Waals surface area contributed by atoms with Crippen molar-refractivity contribution in [3.63, 3.8) is 0 Å². The van der Waals surface area contributed by atoms with Crippen molar-refractivity contribution >= 4 is 23.6 Å². The van der Waals surface area contributed by atoms with Crippen molar-refractivity contribution in [3.8, 4) is 0 Å². The minimum Gasteiger partial charge on any atom is -0.342 e. The van der Waals surface area contributed by atoms with Gasteiger partial charge in [0.15, 0.2) is 0 Å². The Morgan fingerprint density at radius 3 is 2.85 bits per heavy atom. The summed E-state index contributed by atoms with van der Waals surface area (Å²) in [6, 6.07) is 0. The molecule has 0 radical (unpaired) electrons. The number of rotatable bonds is 6. The Kier molecular flexibility index (Phi) is 6.73. The number of hydrogen-bond donors (Lipinski definition) is 0. The largest absolute Gasteiger partial charge is 0.342 e. The van der Waals surface area contributed by atoms with Gasteiger partial charge in [0.05, 0.1) is 24.1 Å². The molecule has 1 aromatic heterocycles. The average Bonchev–Trinajstić information content (AvgIpc) is 2.67. The molecule has 0 aromatic carbocycles. The molecule has 0 aliphatic carbocycles. The highest BCUT2D eigenvalue weighted by atomic mass is 32.2. The van der Waals surface area contributed by atoms with Gasteiger partial charge < -0.3 is 9.80 Å². The van der Waals surface area contributed by atoms with Crippen molar-refractivity contribution in [3.05, 3.63) is 23.8 Å². The number of nitrogens with zero attached hydrogens (tertiary/aromatic N) is 4. The SMILES string of the molecule is CCSCCC(=O)N1CCCC2(CCC(=O)N(Cc3cnc(C)cn3)C2)C1. The van der Waals surface area contributed by atoms with Gasteiger partial charge in [0.1, 0.15) is 0 Å². The van der Waals surface area contributed by atoms with Crippen LogP contribution in [-0.4, -0.2) is 62.7 Å². The van der Waals surface area contributed by atoms with Crippen molar-refractivity contribution < 1.29 is 9.59 Å². The predicted octanol–water partition coefficient (Wildman–Crippen LogP) is 2.66. The third-order valence-electron chi connectivity index (χ3n) is 5.61. The quantitative estimate of drug-likeness (QED) is 0.699. The fraction of sp³-hybridized carbons (Fsp3) is 0.700. The smallest absolute Gasteiger partial charge is 0.223 e. The Bertz CT molecular complexity index is 666. The standard InChI is InChI=1S/C20H30N4O2S/c1-3-27-10-6-19(26)23-9-4-7-20(14-23)8-5-18(25)24(15-20)13-17-12-21-16(2)11-22-17/h11-12H,3-10,13-15H2,1-2H3. The number of piperidine rings is 2. The lowest BCUT2D eigenvalue weighted by atomic mass is 9.73. The van der Waals surface area contributed by atoms with E-state index in [-0.39, 0.29) is 17.2 Å². The molecule has 3 rings (SSSR count). The van der Waals surface area contributed by atoms with Gasteiger partial charge >= 0.3 is 0 Å². The minimum atomic E-state index is 0.0395. The molecule has 0 bridgehead atoms. The molecular weight excluding hydrogens is 360 g/mol. The van der Waals surface area contributed by atoms with Crippen molar-refractivity contribution in [1.29, 1.82) is 0 Å². The second kappa shape index (κ2) is 9.04. The highest BCUT2D eigenvalue weighted by Crippen LogP contribution is 2.39. The molecule has 1 spiro atoms. The van der Waals surface area contributed by atoms with Crippen molar-refractivity contribution in [2.75, 3.05) is 31.1 Å². The zero-order chi connectivity index (χ0) is 19.3. The van der Waals surface area contributed by atoms with Gasteiger partial charge in [-0.1, -0.05) is 6.92 Å². The van der Waals surface area contributed by atoms with Crippen LogP contribution < -0.4 is 0 Å². The van der Waals surface area contributed by atoms with Crippen LogP contribution in [0.15, 0.2) is 12.4 Å². The second-order valence-electron chi connectivity index (χ2n) is 7.76. The van der Waals surface area contributed by atoms with E-state index in [2.05, 4.69) is 16.9 Å². The molecule has 3 heterocycles. The maximum absolute atomic E-state index is 12.6. The highest BCUT2D eigenvalue weighted by Gasteiger charge is 2.42. The lowest BCUT2D eigenvalue weighted by Crippen LogP contribution is -2.54.